The van der Waals surface area contributed by atoms with E-state index in [4.69, 9.17) is 10.9 Å². The van der Waals surface area contributed by atoms with Gasteiger partial charge in [-0.05, 0) is 38.8 Å². The lowest BCUT2D eigenvalue weighted by Crippen LogP contribution is -2.43. The molecular formula is C13H26N4O2. The molecule has 19 heavy (non-hydrogen) atoms. The molecule has 0 radical (unpaired) electrons. The van der Waals surface area contributed by atoms with E-state index in [0.29, 0.717) is 18.9 Å². The van der Waals surface area contributed by atoms with Crippen LogP contribution in [-0.2, 0) is 4.79 Å². The van der Waals surface area contributed by atoms with E-state index < -0.39 is 5.92 Å². The van der Waals surface area contributed by atoms with E-state index in [-0.39, 0.29) is 11.7 Å². The fourth-order valence-electron chi connectivity index (χ4n) is 2.58. The van der Waals surface area contributed by atoms with Gasteiger partial charge in [0.1, 0.15) is 0 Å². The predicted octanol–water partition coefficient (Wildman–Crippen LogP) is 0.607. The molecule has 1 saturated heterocycles. The van der Waals surface area contributed by atoms with Crippen LogP contribution in [-0.4, -0.2) is 48.5 Å². The molecule has 0 aromatic heterocycles. The summed E-state index contributed by atoms with van der Waals surface area (Å²) in [5.41, 5.74) is 5.57. The molecule has 0 aromatic carbocycles. The normalized spacial score (nSPS) is 23.1. The highest BCUT2D eigenvalue weighted by atomic mass is 16.4. The van der Waals surface area contributed by atoms with Gasteiger partial charge in [-0.15, -0.1) is 0 Å². The third-order valence-corrected chi connectivity index (χ3v) is 3.65. The van der Waals surface area contributed by atoms with Gasteiger partial charge in [0.15, 0.2) is 5.84 Å². The summed E-state index contributed by atoms with van der Waals surface area (Å²) in [7, 11) is 2.10. The number of likely N-dealkylation sites (tertiary alicyclic amines) is 1. The Kier molecular flexibility index (Phi) is 6.62. The molecule has 1 fully saturated rings. The third kappa shape index (κ3) is 5.06. The van der Waals surface area contributed by atoms with Gasteiger partial charge in [0.2, 0.25) is 5.91 Å². The van der Waals surface area contributed by atoms with E-state index in [1.165, 1.54) is 6.42 Å². The molecular weight excluding hydrogens is 244 g/mol. The van der Waals surface area contributed by atoms with E-state index in [1.807, 2.05) is 6.92 Å². The van der Waals surface area contributed by atoms with Gasteiger partial charge in [-0.3, -0.25) is 4.79 Å². The summed E-state index contributed by atoms with van der Waals surface area (Å²) in [6.07, 6.45) is 3.75. The molecule has 0 aliphatic carbocycles. The molecule has 1 aliphatic heterocycles. The second-order valence-corrected chi connectivity index (χ2v) is 5.38. The summed E-state index contributed by atoms with van der Waals surface area (Å²) in [6.45, 7) is 4.79. The standard InChI is InChI=1S/C13H26N4O2/c1-3-5-11(12(14)16-19)13(18)15-8-10-6-4-7-17(2)9-10/h10-11,19H,3-9H2,1-2H3,(H2,14,16)(H,15,18). The Balaban J connectivity index is 2.43. The van der Waals surface area contributed by atoms with Crippen LogP contribution in [0.4, 0.5) is 0 Å². The average Bonchev–Trinajstić information content (AvgIpc) is 2.41. The minimum Gasteiger partial charge on any atom is -0.409 e. The number of hydrogen-bond acceptors (Lipinski definition) is 4. The lowest BCUT2D eigenvalue weighted by Gasteiger charge is -2.30. The Morgan fingerprint density at radius 1 is 1.63 bits per heavy atom. The molecule has 0 spiro atoms. The van der Waals surface area contributed by atoms with E-state index in [0.717, 1.165) is 25.9 Å². The lowest BCUT2D eigenvalue weighted by molar-refractivity contribution is -0.123. The van der Waals surface area contributed by atoms with Crippen LogP contribution in [0, 0.1) is 11.8 Å². The van der Waals surface area contributed by atoms with Gasteiger partial charge >= 0.3 is 0 Å². The number of amidine groups is 1. The highest BCUT2D eigenvalue weighted by molar-refractivity contribution is 6.02. The van der Waals surface area contributed by atoms with Gasteiger partial charge in [-0.25, -0.2) is 0 Å². The molecule has 2 atom stereocenters. The zero-order valence-corrected chi connectivity index (χ0v) is 11.9. The topological polar surface area (TPSA) is 91.0 Å². The lowest BCUT2D eigenvalue weighted by atomic mass is 9.97. The van der Waals surface area contributed by atoms with Gasteiger partial charge in [-0.1, -0.05) is 18.5 Å². The van der Waals surface area contributed by atoms with Crippen molar-refractivity contribution < 1.29 is 10.0 Å². The first-order valence-corrected chi connectivity index (χ1v) is 7.02. The summed E-state index contributed by atoms with van der Waals surface area (Å²) in [5.74, 6) is -0.154. The molecule has 0 bridgehead atoms. The smallest absolute Gasteiger partial charge is 0.230 e. The molecule has 110 valence electrons. The fourth-order valence-corrected chi connectivity index (χ4v) is 2.58. The first kappa shape index (κ1) is 15.8. The summed E-state index contributed by atoms with van der Waals surface area (Å²) in [6, 6.07) is 0. The number of nitrogens with two attached hydrogens (primary N) is 1. The molecule has 1 heterocycles. The van der Waals surface area contributed by atoms with Crippen LogP contribution < -0.4 is 11.1 Å². The Morgan fingerprint density at radius 3 is 2.95 bits per heavy atom. The van der Waals surface area contributed by atoms with E-state index in [1.54, 1.807) is 0 Å². The fraction of sp³-hybridized carbons (Fsp3) is 0.846. The SMILES string of the molecule is CCCC(C(=O)NCC1CCCN(C)C1)C(N)=NO. The number of carbonyl (C=O) groups is 1. The number of rotatable bonds is 6. The number of nitrogens with one attached hydrogen (secondary N) is 1. The number of nitrogens with zero attached hydrogens (tertiary/aromatic N) is 2. The maximum absolute atomic E-state index is 12.1. The summed E-state index contributed by atoms with van der Waals surface area (Å²) >= 11 is 0. The zero-order valence-electron chi connectivity index (χ0n) is 11.9. The first-order chi connectivity index (χ1) is 9.08. The van der Waals surface area contributed by atoms with Gasteiger partial charge < -0.3 is 21.2 Å². The van der Waals surface area contributed by atoms with Crippen LogP contribution in [0.25, 0.3) is 0 Å². The van der Waals surface area contributed by atoms with Crippen LogP contribution in [0.15, 0.2) is 5.16 Å². The molecule has 1 aliphatic rings. The molecule has 4 N–H and O–H groups in total. The van der Waals surface area contributed by atoms with Crippen molar-refractivity contribution in [2.24, 2.45) is 22.7 Å². The molecule has 1 amide bonds. The molecule has 6 heteroatoms. The Labute approximate surface area is 115 Å². The highest BCUT2D eigenvalue weighted by Gasteiger charge is 2.24. The van der Waals surface area contributed by atoms with Crippen LogP contribution in [0.2, 0.25) is 0 Å². The highest BCUT2D eigenvalue weighted by Crippen LogP contribution is 2.14. The van der Waals surface area contributed by atoms with Crippen molar-refractivity contribution in [1.82, 2.24) is 10.2 Å². The van der Waals surface area contributed by atoms with E-state index >= 15 is 0 Å². The zero-order chi connectivity index (χ0) is 14.3. The monoisotopic (exact) mass is 270 g/mol. The van der Waals surface area contributed by atoms with Gasteiger partial charge in [-0.2, -0.15) is 0 Å². The number of oxime groups is 1. The minimum atomic E-state index is -0.517. The van der Waals surface area contributed by atoms with Gasteiger partial charge in [0, 0.05) is 13.1 Å². The largest absolute Gasteiger partial charge is 0.409 e. The van der Waals surface area contributed by atoms with Crippen molar-refractivity contribution in [3.8, 4) is 0 Å². The minimum absolute atomic E-state index is 0.000104. The number of piperidine rings is 1. The number of amides is 1. The van der Waals surface area contributed by atoms with Gasteiger partial charge in [0.25, 0.3) is 0 Å². The quantitative estimate of drug-likeness (QED) is 0.285. The van der Waals surface area contributed by atoms with Crippen molar-refractivity contribution in [3.05, 3.63) is 0 Å². The van der Waals surface area contributed by atoms with Crippen LogP contribution in [0.3, 0.4) is 0 Å². The van der Waals surface area contributed by atoms with Crippen molar-refractivity contribution >= 4 is 11.7 Å². The summed E-state index contributed by atoms with van der Waals surface area (Å²) in [4.78, 5) is 14.3. The molecule has 0 aromatic rings. The molecule has 1 rings (SSSR count). The first-order valence-electron chi connectivity index (χ1n) is 7.02. The molecule has 6 nitrogen and oxygen atoms in total. The summed E-state index contributed by atoms with van der Waals surface area (Å²) < 4.78 is 0. The van der Waals surface area contributed by atoms with Crippen molar-refractivity contribution in [3.63, 3.8) is 0 Å². The van der Waals surface area contributed by atoms with Gasteiger partial charge in [0.05, 0.1) is 5.92 Å². The summed E-state index contributed by atoms with van der Waals surface area (Å²) in [5, 5.41) is 14.6. The van der Waals surface area contributed by atoms with E-state index in [2.05, 4.69) is 22.4 Å². The van der Waals surface area contributed by atoms with Crippen molar-refractivity contribution in [2.45, 2.75) is 32.6 Å². The van der Waals surface area contributed by atoms with Crippen LogP contribution >= 0.6 is 0 Å². The van der Waals surface area contributed by atoms with E-state index in [9.17, 15) is 4.79 Å². The third-order valence-electron chi connectivity index (χ3n) is 3.65. The predicted molar refractivity (Wildman–Crippen MR) is 75.0 cm³/mol. The maximum Gasteiger partial charge on any atom is 0.230 e. The molecule has 2 unspecified atom stereocenters. The Morgan fingerprint density at radius 2 is 2.37 bits per heavy atom. The maximum atomic E-state index is 12.1. The van der Waals surface area contributed by atoms with Crippen LogP contribution in [0.1, 0.15) is 32.6 Å². The van der Waals surface area contributed by atoms with Crippen molar-refractivity contribution in [2.75, 3.05) is 26.7 Å². The second-order valence-electron chi connectivity index (χ2n) is 5.38. The second kappa shape index (κ2) is 7.99. The Hall–Kier alpha value is -1.30. The number of hydrogen-bond donors (Lipinski definition) is 3. The Bertz CT molecular complexity index is 320. The van der Waals surface area contributed by atoms with Crippen molar-refractivity contribution in [1.29, 1.82) is 0 Å². The van der Waals surface area contributed by atoms with Crippen LogP contribution in [0.5, 0.6) is 0 Å². The molecule has 0 saturated carbocycles. The average molecular weight is 270 g/mol. The number of carbonyl (C=O) groups excluding carboxylic acids is 1.